The minimum absolute atomic E-state index is 0.467. The van der Waals surface area contributed by atoms with E-state index in [4.69, 9.17) is 5.73 Å². The van der Waals surface area contributed by atoms with E-state index in [1.165, 1.54) is 193 Å². The lowest BCUT2D eigenvalue weighted by Gasteiger charge is -2.11. The molecule has 0 aromatic heterocycles. The molecule has 0 aromatic rings. The molecule has 0 fully saturated rings. The molecule has 0 spiro atoms. The molecule has 0 aliphatic rings. The Bertz CT molecular complexity index is 307. The van der Waals surface area contributed by atoms with E-state index in [1.807, 2.05) is 0 Å². The third-order valence-corrected chi connectivity index (χ3v) is 7.86. The normalized spacial score (nSPS) is 11.6. The van der Waals surface area contributed by atoms with Gasteiger partial charge >= 0.3 is 0 Å². The van der Waals surface area contributed by atoms with Crippen LogP contribution in [-0.2, 0) is 0 Å². The molecule has 34 heavy (non-hydrogen) atoms. The quantitative estimate of drug-likeness (QED) is 0.102. The highest BCUT2D eigenvalue weighted by Gasteiger charge is 2.02. The van der Waals surface area contributed by atoms with Crippen LogP contribution in [0.2, 0.25) is 0 Å². The van der Waals surface area contributed by atoms with E-state index < -0.39 is 0 Å². The van der Waals surface area contributed by atoms with Crippen molar-refractivity contribution in [2.24, 2.45) is 5.73 Å². The topological polar surface area (TPSA) is 26.0 Å². The molecule has 2 N–H and O–H groups in total. The zero-order chi connectivity index (χ0) is 24.8. The van der Waals surface area contributed by atoms with Crippen LogP contribution in [0.25, 0.3) is 0 Å². The Hall–Kier alpha value is -0.0400. The van der Waals surface area contributed by atoms with Gasteiger partial charge in [0.1, 0.15) is 0 Å². The van der Waals surface area contributed by atoms with Gasteiger partial charge in [0.05, 0.1) is 0 Å². The van der Waals surface area contributed by atoms with Crippen molar-refractivity contribution in [2.45, 2.75) is 213 Å². The summed E-state index contributed by atoms with van der Waals surface area (Å²) >= 11 is 0. The van der Waals surface area contributed by atoms with E-state index in [0.29, 0.717) is 6.04 Å². The van der Waals surface area contributed by atoms with Gasteiger partial charge in [-0.3, -0.25) is 0 Å². The zero-order valence-electron chi connectivity index (χ0n) is 24.4. The van der Waals surface area contributed by atoms with Crippen molar-refractivity contribution < 1.29 is 0 Å². The average Bonchev–Trinajstić information content (AvgIpc) is 2.84. The first kappa shape index (κ1) is 34.0. The molecule has 1 heteroatoms. The lowest BCUT2D eigenvalue weighted by Crippen LogP contribution is -2.19. The molecular weight excluding hydrogens is 410 g/mol. The van der Waals surface area contributed by atoms with Crippen molar-refractivity contribution >= 4 is 0 Å². The van der Waals surface area contributed by atoms with Gasteiger partial charge in [-0.1, -0.05) is 194 Å². The number of nitrogens with two attached hydrogens (primary N) is 1. The summed E-state index contributed by atoms with van der Waals surface area (Å²) in [6, 6.07) is 0.467. The van der Waals surface area contributed by atoms with Gasteiger partial charge < -0.3 is 5.73 Å². The maximum atomic E-state index is 6.37. The summed E-state index contributed by atoms with van der Waals surface area (Å²) < 4.78 is 0. The van der Waals surface area contributed by atoms with Crippen molar-refractivity contribution in [3.8, 4) is 0 Å². The van der Waals surface area contributed by atoms with Crippen LogP contribution >= 0.6 is 0 Å². The monoisotopic (exact) mass is 480 g/mol. The first-order chi connectivity index (χ1) is 16.8. The zero-order valence-corrected chi connectivity index (χ0v) is 24.4. The highest BCUT2D eigenvalue weighted by atomic mass is 14.6. The Kier molecular flexibility index (Phi) is 31.0. The third-order valence-electron chi connectivity index (χ3n) is 7.86. The minimum Gasteiger partial charge on any atom is -0.328 e. The average molecular weight is 480 g/mol. The predicted molar refractivity (Wildman–Crippen MR) is 158 cm³/mol. The Labute approximate surface area is 218 Å². The summed E-state index contributed by atoms with van der Waals surface area (Å²) in [5.41, 5.74) is 6.37. The molecule has 0 aromatic carbocycles. The van der Waals surface area contributed by atoms with Gasteiger partial charge in [-0.2, -0.15) is 0 Å². The van der Waals surface area contributed by atoms with E-state index in [0.717, 1.165) is 0 Å². The van der Waals surface area contributed by atoms with Crippen molar-refractivity contribution in [3.05, 3.63) is 0 Å². The smallest absolute Gasteiger partial charge is 0.00388 e. The highest BCUT2D eigenvalue weighted by Crippen LogP contribution is 2.16. The van der Waals surface area contributed by atoms with Gasteiger partial charge in [0, 0.05) is 6.04 Å². The van der Waals surface area contributed by atoms with Crippen LogP contribution in [0.4, 0.5) is 0 Å². The predicted octanol–water partition coefficient (Wildman–Crippen LogP) is 12.1. The molecule has 1 nitrogen and oxygen atoms in total. The summed E-state index contributed by atoms with van der Waals surface area (Å²) in [5.74, 6) is 0. The van der Waals surface area contributed by atoms with E-state index in [2.05, 4.69) is 13.8 Å². The third kappa shape index (κ3) is 30.0. The van der Waals surface area contributed by atoms with Crippen LogP contribution in [0.3, 0.4) is 0 Å². The van der Waals surface area contributed by atoms with Crippen molar-refractivity contribution in [1.29, 1.82) is 0 Å². The summed E-state index contributed by atoms with van der Waals surface area (Å²) in [6.45, 7) is 4.60. The fraction of sp³-hybridized carbons (Fsp3) is 1.00. The minimum atomic E-state index is 0.467. The lowest BCUT2D eigenvalue weighted by molar-refractivity contribution is 0.477. The van der Waals surface area contributed by atoms with E-state index in [1.54, 1.807) is 0 Å². The van der Waals surface area contributed by atoms with Crippen LogP contribution in [0.1, 0.15) is 206 Å². The van der Waals surface area contributed by atoms with Crippen molar-refractivity contribution in [1.82, 2.24) is 0 Å². The second kappa shape index (κ2) is 31.0. The summed E-state index contributed by atoms with van der Waals surface area (Å²) in [5, 5.41) is 0. The molecule has 0 bridgehead atoms. The van der Waals surface area contributed by atoms with E-state index >= 15 is 0 Å². The second-order valence-electron chi connectivity index (χ2n) is 11.5. The van der Waals surface area contributed by atoms with Crippen molar-refractivity contribution in [3.63, 3.8) is 0 Å². The molecular formula is C33H69N. The molecule has 0 saturated heterocycles. The fourth-order valence-corrected chi connectivity index (χ4v) is 5.35. The highest BCUT2D eigenvalue weighted by molar-refractivity contribution is 4.62. The summed E-state index contributed by atoms with van der Waals surface area (Å²) in [7, 11) is 0. The molecule has 0 atom stereocenters. The Morgan fingerprint density at radius 1 is 0.294 bits per heavy atom. The van der Waals surface area contributed by atoms with Crippen LogP contribution in [-0.4, -0.2) is 6.04 Å². The molecule has 0 heterocycles. The van der Waals surface area contributed by atoms with Crippen LogP contribution < -0.4 is 5.73 Å². The Balaban J connectivity index is 3.13. The first-order valence-corrected chi connectivity index (χ1v) is 16.6. The molecule has 206 valence electrons. The summed E-state index contributed by atoms with van der Waals surface area (Å²) in [6.07, 6.45) is 42.9. The largest absolute Gasteiger partial charge is 0.328 e. The van der Waals surface area contributed by atoms with Gasteiger partial charge in [-0.25, -0.2) is 0 Å². The fourth-order valence-electron chi connectivity index (χ4n) is 5.35. The van der Waals surface area contributed by atoms with Gasteiger partial charge in [0.2, 0.25) is 0 Å². The molecule has 0 aliphatic heterocycles. The lowest BCUT2D eigenvalue weighted by atomic mass is 10.00. The van der Waals surface area contributed by atoms with Gasteiger partial charge in [-0.05, 0) is 12.8 Å². The van der Waals surface area contributed by atoms with E-state index in [9.17, 15) is 0 Å². The molecule has 0 amide bonds. The molecule has 0 unspecified atom stereocenters. The van der Waals surface area contributed by atoms with E-state index in [-0.39, 0.29) is 0 Å². The number of hydrogen-bond donors (Lipinski definition) is 1. The molecule has 0 rings (SSSR count). The van der Waals surface area contributed by atoms with Gasteiger partial charge in [0.15, 0.2) is 0 Å². The van der Waals surface area contributed by atoms with Crippen LogP contribution in [0.15, 0.2) is 0 Å². The Morgan fingerprint density at radius 3 is 0.676 bits per heavy atom. The first-order valence-electron chi connectivity index (χ1n) is 16.6. The molecule has 0 aliphatic carbocycles. The molecule has 0 saturated carbocycles. The van der Waals surface area contributed by atoms with Gasteiger partial charge in [0.25, 0.3) is 0 Å². The maximum absolute atomic E-state index is 6.37. The van der Waals surface area contributed by atoms with Crippen LogP contribution in [0.5, 0.6) is 0 Å². The second-order valence-corrected chi connectivity index (χ2v) is 11.5. The number of rotatable bonds is 30. The standard InChI is InChI=1S/C33H69N/c1-3-5-7-9-11-13-15-17-19-21-23-25-27-29-31-33(34)32-30-28-26-24-22-20-18-16-14-12-10-8-6-4-2/h33H,3-32,34H2,1-2H3. The summed E-state index contributed by atoms with van der Waals surface area (Å²) in [4.78, 5) is 0. The number of unbranched alkanes of at least 4 members (excludes halogenated alkanes) is 26. The SMILES string of the molecule is CCCCCCCCCCCCCCCCC(N)CCCCCCCCCCCCCCCC. The molecule has 0 radical (unpaired) electrons. The van der Waals surface area contributed by atoms with Gasteiger partial charge in [-0.15, -0.1) is 0 Å². The van der Waals surface area contributed by atoms with Crippen LogP contribution in [0, 0.1) is 0 Å². The Morgan fingerprint density at radius 2 is 0.471 bits per heavy atom. The number of hydrogen-bond acceptors (Lipinski definition) is 1. The van der Waals surface area contributed by atoms with Crippen molar-refractivity contribution in [2.75, 3.05) is 0 Å². The maximum Gasteiger partial charge on any atom is 0.00388 e.